The third-order valence-corrected chi connectivity index (χ3v) is 3.33. The van der Waals surface area contributed by atoms with Crippen LogP contribution in [-0.4, -0.2) is 25.8 Å². The first-order chi connectivity index (χ1) is 8.23. The van der Waals surface area contributed by atoms with E-state index >= 15 is 0 Å². The van der Waals surface area contributed by atoms with Crippen molar-refractivity contribution < 1.29 is 9.47 Å². The van der Waals surface area contributed by atoms with E-state index in [1.807, 2.05) is 18.2 Å². The molecule has 1 saturated heterocycles. The van der Waals surface area contributed by atoms with Gasteiger partial charge in [0.25, 0.3) is 0 Å². The van der Waals surface area contributed by atoms with Gasteiger partial charge < -0.3 is 14.8 Å². The number of piperidine rings is 1. The molecular weight excluding hydrogens is 214 g/mol. The van der Waals surface area contributed by atoms with Crippen LogP contribution in [0.1, 0.15) is 25.3 Å². The first-order valence-corrected chi connectivity index (χ1v) is 6.20. The maximum absolute atomic E-state index is 6.06. The maximum Gasteiger partial charge on any atom is 0.124 e. The zero-order valence-electron chi connectivity index (χ0n) is 10.7. The first kappa shape index (κ1) is 12.4. The second-order valence-corrected chi connectivity index (χ2v) is 4.83. The van der Waals surface area contributed by atoms with Gasteiger partial charge in [-0.1, -0.05) is 18.2 Å². The van der Waals surface area contributed by atoms with Gasteiger partial charge in [0.1, 0.15) is 5.75 Å². The summed E-state index contributed by atoms with van der Waals surface area (Å²) in [6, 6.07) is 8.02. The number of hydrogen-bond acceptors (Lipinski definition) is 3. The minimum atomic E-state index is -0.0426. The molecule has 2 rings (SSSR count). The third-order valence-electron chi connectivity index (χ3n) is 3.33. The topological polar surface area (TPSA) is 30.5 Å². The Morgan fingerprint density at radius 2 is 2.18 bits per heavy atom. The van der Waals surface area contributed by atoms with E-state index in [0.29, 0.717) is 6.61 Å². The molecule has 1 aliphatic heterocycles. The average molecular weight is 235 g/mol. The van der Waals surface area contributed by atoms with E-state index in [4.69, 9.17) is 9.47 Å². The summed E-state index contributed by atoms with van der Waals surface area (Å²) in [4.78, 5) is 0. The average Bonchev–Trinajstić information content (AvgIpc) is 2.38. The predicted molar refractivity (Wildman–Crippen MR) is 68.3 cm³/mol. The van der Waals surface area contributed by atoms with E-state index in [9.17, 15) is 0 Å². The van der Waals surface area contributed by atoms with E-state index in [-0.39, 0.29) is 5.60 Å². The van der Waals surface area contributed by atoms with Gasteiger partial charge in [0.15, 0.2) is 0 Å². The van der Waals surface area contributed by atoms with Gasteiger partial charge in [-0.05, 0) is 32.4 Å². The highest BCUT2D eigenvalue weighted by atomic mass is 16.5. The van der Waals surface area contributed by atoms with Crippen LogP contribution in [0, 0.1) is 0 Å². The molecule has 3 heteroatoms. The molecule has 17 heavy (non-hydrogen) atoms. The fourth-order valence-corrected chi connectivity index (χ4v) is 2.23. The lowest BCUT2D eigenvalue weighted by Crippen LogP contribution is -2.45. The van der Waals surface area contributed by atoms with Crippen LogP contribution in [0.3, 0.4) is 0 Å². The largest absolute Gasteiger partial charge is 0.496 e. The second kappa shape index (κ2) is 5.52. The first-order valence-electron chi connectivity index (χ1n) is 6.20. The van der Waals surface area contributed by atoms with Gasteiger partial charge in [-0.2, -0.15) is 0 Å². The van der Waals surface area contributed by atoms with Crippen molar-refractivity contribution >= 4 is 0 Å². The predicted octanol–water partition coefficient (Wildman–Crippen LogP) is 2.35. The number of hydrogen-bond donors (Lipinski definition) is 1. The fraction of sp³-hybridized carbons (Fsp3) is 0.571. The molecular formula is C14H21NO2. The molecule has 1 heterocycles. The Hall–Kier alpha value is -1.06. The van der Waals surface area contributed by atoms with E-state index in [1.54, 1.807) is 7.11 Å². The molecule has 94 valence electrons. The lowest BCUT2D eigenvalue weighted by Gasteiger charge is -2.34. The Bertz CT molecular complexity index is 359. The van der Waals surface area contributed by atoms with Gasteiger partial charge in [0.05, 0.1) is 19.3 Å². The van der Waals surface area contributed by atoms with E-state index < -0.39 is 0 Å². The normalized spacial score (nSPS) is 24.6. The van der Waals surface area contributed by atoms with Crippen LogP contribution in [0.2, 0.25) is 0 Å². The quantitative estimate of drug-likeness (QED) is 0.869. The highest BCUT2D eigenvalue weighted by Gasteiger charge is 2.27. The van der Waals surface area contributed by atoms with Gasteiger partial charge in [-0.3, -0.25) is 0 Å². The SMILES string of the molecule is COc1ccccc1COC1(C)CCCNC1. The van der Waals surface area contributed by atoms with Crippen molar-refractivity contribution in [2.75, 3.05) is 20.2 Å². The van der Waals surface area contributed by atoms with E-state index in [1.165, 1.54) is 6.42 Å². The monoisotopic (exact) mass is 235 g/mol. The van der Waals surface area contributed by atoms with Crippen LogP contribution in [0.15, 0.2) is 24.3 Å². The summed E-state index contributed by atoms with van der Waals surface area (Å²) >= 11 is 0. The zero-order valence-corrected chi connectivity index (χ0v) is 10.7. The summed E-state index contributed by atoms with van der Waals surface area (Å²) in [7, 11) is 1.70. The minimum Gasteiger partial charge on any atom is -0.496 e. The highest BCUT2D eigenvalue weighted by molar-refractivity contribution is 5.32. The summed E-state index contributed by atoms with van der Waals surface area (Å²) in [6.45, 7) is 4.83. The molecule has 1 aromatic rings. The standard InChI is InChI=1S/C14H21NO2/c1-14(8-5-9-15-11-14)17-10-12-6-3-4-7-13(12)16-2/h3-4,6-7,15H,5,8-11H2,1-2H3. The molecule has 0 spiro atoms. The van der Waals surface area contributed by atoms with Crippen molar-refractivity contribution in [3.05, 3.63) is 29.8 Å². The van der Waals surface area contributed by atoms with Crippen LogP contribution in [0.5, 0.6) is 5.75 Å². The van der Waals surface area contributed by atoms with E-state index in [0.717, 1.165) is 30.8 Å². The molecule has 0 saturated carbocycles. The lowest BCUT2D eigenvalue weighted by molar-refractivity contribution is -0.0576. The molecule has 1 aliphatic rings. The second-order valence-electron chi connectivity index (χ2n) is 4.83. The molecule has 1 atom stereocenters. The van der Waals surface area contributed by atoms with Crippen molar-refractivity contribution in [1.29, 1.82) is 0 Å². The Morgan fingerprint density at radius 3 is 2.88 bits per heavy atom. The van der Waals surface area contributed by atoms with Gasteiger partial charge >= 0.3 is 0 Å². The molecule has 0 aromatic heterocycles. The Labute approximate surface area is 103 Å². The van der Waals surface area contributed by atoms with Crippen molar-refractivity contribution in [1.82, 2.24) is 5.32 Å². The summed E-state index contributed by atoms with van der Waals surface area (Å²) in [5.41, 5.74) is 1.07. The number of para-hydroxylation sites is 1. The van der Waals surface area contributed by atoms with Crippen LogP contribution >= 0.6 is 0 Å². The van der Waals surface area contributed by atoms with Crippen molar-refractivity contribution in [2.24, 2.45) is 0 Å². The molecule has 1 unspecified atom stereocenters. The lowest BCUT2D eigenvalue weighted by atomic mass is 9.96. The Morgan fingerprint density at radius 1 is 1.35 bits per heavy atom. The van der Waals surface area contributed by atoms with Crippen LogP contribution in [-0.2, 0) is 11.3 Å². The van der Waals surface area contributed by atoms with Crippen LogP contribution < -0.4 is 10.1 Å². The zero-order chi connectivity index (χ0) is 12.1. The number of benzene rings is 1. The summed E-state index contributed by atoms with van der Waals surface area (Å²) in [5, 5.41) is 3.38. The number of nitrogens with one attached hydrogen (secondary N) is 1. The van der Waals surface area contributed by atoms with Crippen molar-refractivity contribution in [3.8, 4) is 5.75 Å². The summed E-state index contributed by atoms with van der Waals surface area (Å²) in [6.07, 6.45) is 2.30. The Balaban J connectivity index is 1.96. The molecule has 1 N–H and O–H groups in total. The van der Waals surface area contributed by atoms with Gasteiger partial charge in [0, 0.05) is 12.1 Å². The van der Waals surface area contributed by atoms with Gasteiger partial charge in [-0.15, -0.1) is 0 Å². The minimum absolute atomic E-state index is 0.0426. The number of methoxy groups -OCH3 is 1. The number of ether oxygens (including phenoxy) is 2. The smallest absolute Gasteiger partial charge is 0.124 e. The van der Waals surface area contributed by atoms with Crippen molar-refractivity contribution in [2.45, 2.75) is 32.0 Å². The molecule has 0 radical (unpaired) electrons. The molecule has 3 nitrogen and oxygen atoms in total. The van der Waals surface area contributed by atoms with Crippen molar-refractivity contribution in [3.63, 3.8) is 0 Å². The van der Waals surface area contributed by atoms with Crippen LogP contribution in [0.4, 0.5) is 0 Å². The highest BCUT2D eigenvalue weighted by Crippen LogP contribution is 2.24. The molecule has 0 aliphatic carbocycles. The maximum atomic E-state index is 6.06. The molecule has 1 aromatic carbocycles. The fourth-order valence-electron chi connectivity index (χ4n) is 2.23. The Kier molecular flexibility index (Phi) is 4.02. The molecule has 1 fully saturated rings. The summed E-state index contributed by atoms with van der Waals surface area (Å²) < 4.78 is 11.4. The molecule has 0 bridgehead atoms. The number of rotatable bonds is 4. The van der Waals surface area contributed by atoms with Crippen LogP contribution in [0.25, 0.3) is 0 Å². The van der Waals surface area contributed by atoms with E-state index in [2.05, 4.69) is 18.3 Å². The van der Waals surface area contributed by atoms with Gasteiger partial charge in [-0.25, -0.2) is 0 Å². The third kappa shape index (κ3) is 3.20. The molecule has 0 amide bonds. The summed E-state index contributed by atoms with van der Waals surface area (Å²) in [5.74, 6) is 0.903. The van der Waals surface area contributed by atoms with Gasteiger partial charge in [0.2, 0.25) is 0 Å².